The average Bonchev–Trinajstić information content (AvgIpc) is 2.81. The molecule has 0 spiro atoms. The number of carboxylic acid groups (broad SMARTS) is 1. The molecule has 0 amide bonds. The van der Waals surface area contributed by atoms with Crippen LogP contribution < -0.4 is 5.11 Å². The van der Waals surface area contributed by atoms with Gasteiger partial charge in [0.2, 0.25) is 0 Å². The van der Waals surface area contributed by atoms with E-state index < -0.39 is 11.9 Å². The molecular formula is C12H13O3S-. The number of carbonyl (C=O) groups excluding carboxylic acids is 2. The van der Waals surface area contributed by atoms with Gasteiger partial charge in [-0.05, 0) is 24.3 Å². The summed E-state index contributed by atoms with van der Waals surface area (Å²) < 4.78 is 0. The second-order valence-electron chi connectivity index (χ2n) is 4.16. The molecule has 1 heterocycles. The minimum atomic E-state index is -1.07. The number of hydrogen-bond acceptors (Lipinski definition) is 4. The highest BCUT2D eigenvalue weighted by molar-refractivity contribution is 7.12. The summed E-state index contributed by atoms with van der Waals surface area (Å²) in [4.78, 5) is 23.7. The van der Waals surface area contributed by atoms with Crippen LogP contribution in [0, 0.1) is 11.8 Å². The van der Waals surface area contributed by atoms with Crippen molar-refractivity contribution in [2.75, 3.05) is 0 Å². The highest BCUT2D eigenvalue weighted by atomic mass is 32.1. The highest BCUT2D eigenvalue weighted by Gasteiger charge is 2.32. The van der Waals surface area contributed by atoms with Crippen molar-refractivity contribution in [1.82, 2.24) is 0 Å². The molecule has 4 heteroatoms. The first kappa shape index (κ1) is 11.3. The van der Waals surface area contributed by atoms with Gasteiger partial charge in [-0.25, -0.2) is 0 Å². The maximum absolute atomic E-state index is 12.1. The zero-order valence-corrected chi connectivity index (χ0v) is 9.66. The Kier molecular flexibility index (Phi) is 3.39. The van der Waals surface area contributed by atoms with Crippen LogP contribution in [0.25, 0.3) is 0 Å². The molecule has 0 N–H and O–H groups in total. The van der Waals surface area contributed by atoms with E-state index in [-0.39, 0.29) is 11.7 Å². The SMILES string of the molecule is O=C([O-])[C@H]1CCCC[C@H]1C(=O)c1cccs1. The summed E-state index contributed by atoms with van der Waals surface area (Å²) in [6.45, 7) is 0. The van der Waals surface area contributed by atoms with Gasteiger partial charge in [0.05, 0.1) is 4.88 Å². The summed E-state index contributed by atoms with van der Waals surface area (Å²) in [6.07, 6.45) is 3.07. The van der Waals surface area contributed by atoms with E-state index in [2.05, 4.69) is 0 Å². The van der Waals surface area contributed by atoms with Crippen LogP contribution in [-0.2, 0) is 4.79 Å². The zero-order valence-electron chi connectivity index (χ0n) is 8.85. The van der Waals surface area contributed by atoms with E-state index in [0.717, 1.165) is 12.8 Å². The van der Waals surface area contributed by atoms with Crippen LogP contribution in [0.15, 0.2) is 17.5 Å². The molecule has 0 saturated heterocycles. The minimum absolute atomic E-state index is 0.0242. The number of Topliss-reactive ketones (excluding diaryl/α,β-unsaturated/α-hetero) is 1. The molecule has 1 aliphatic carbocycles. The van der Waals surface area contributed by atoms with Gasteiger partial charge in [-0.3, -0.25) is 4.79 Å². The number of carbonyl (C=O) groups is 2. The standard InChI is InChI=1S/C12H14O3S/c13-11(10-6-3-7-16-10)8-4-1-2-5-9(8)12(14)15/h3,6-9H,1-2,4-5H2,(H,14,15)/p-1/t8-,9+/m1/s1. The van der Waals surface area contributed by atoms with E-state index in [0.29, 0.717) is 17.7 Å². The monoisotopic (exact) mass is 237 g/mol. The third-order valence-electron chi connectivity index (χ3n) is 3.17. The lowest BCUT2D eigenvalue weighted by atomic mass is 9.76. The van der Waals surface area contributed by atoms with Crippen LogP contribution in [0.5, 0.6) is 0 Å². The maximum atomic E-state index is 12.1. The van der Waals surface area contributed by atoms with Gasteiger partial charge in [0, 0.05) is 17.8 Å². The van der Waals surface area contributed by atoms with Crippen LogP contribution in [0.3, 0.4) is 0 Å². The fourth-order valence-corrected chi connectivity index (χ4v) is 3.06. The van der Waals surface area contributed by atoms with Crippen molar-refractivity contribution >= 4 is 23.1 Å². The first-order valence-electron chi connectivity index (χ1n) is 5.48. The van der Waals surface area contributed by atoms with Gasteiger partial charge in [0.1, 0.15) is 0 Å². The Labute approximate surface area is 98.1 Å². The molecule has 2 rings (SSSR count). The molecule has 1 aliphatic rings. The largest absolute Gasteiger partial charge is 0.550 e. The van der Waals surface area contributed by atoms with Crippen molar-refractivity contribution in [2.24, 2.45) is 11.8 Å². The summed E-state index contributed by atoms with van der Waals surface area (Å²) >= 11 is 1.38. The van der Waals surface area contributed by atoms with Crippen LogP contribution >= 0.6 is 11.3 Å². The topological polar surface area (TPSA) is 57.2 Å². The van der Waals surface area contributed by atoms with Crippen LogP contribution in [0.1, 0.15) is 35.4 Å². The molecule has 0 radical (unpaired) electrons. The molecule has 1 fully saturated rings. The Morgan fingerprint density at radius 1 is 1.25 bits per heavy atom. The predicted octanol–water partition coefficient (Wildman–Crippen LogP) is 1.49. The molecule has 1 aromatic rings. The third kappa shape index (κ3) is 2.16. The summed E-state index contributed by atoms with van der Waals surface area (Å²) in [5, 5.41) is 12.8. The molecule has 86 valence electrons. The fraction of sp³-hybridized carbons (Fsp3) is 0.500. The first-order valence-corrected chi connectivity index (χ1v) is 6.36. The molecular weight excluding hydrogens is 224 g/mol. The molecule has 1 aromatic heterocycles. The van der Waals surface area contributed by atoms with Crippen molar-refractivity contribution in [3.05, 3.63) is 22.4 Å². The Morgan fingerprint density at radius 3 is 2.50 bits per heavy atom. The number of carboxylic acids is 1. The molecule has 0 unspecified atom stereocenters. The second kappa shape index (κ2) is 4.78. The Morgan fingerprint density at radius 2 is 1.94 bits per heavy atom. The first-order chi connectivity index (χ1) is 7.70. The second-order valence-corrected chi connectivity index (χ2v) is 5.11. The van der Waals surface area contributed by atoms with Crippen molar-refractivity contribution in [3.63, 3.8) is 0 Å². The van der Waals surface area contributed by atoms with Crippen molar-refractivity contribution in [3.8, 4) is 0 Å². The molecule has 3 nitrogen and oxygen atoms in total. The van der Waals surface area contributed by atoms with Crippen LogP contribution in [-0.4, -0.2) is 11.8 Å². The number of aliphatic carboxylic acids is 1. The Bertz CT molecular complexity index is 383. The maximum Gasteiger partial charge on any atom is 0.176 e. The van der Waals surface area contributed by atoms with E-state index in [9.17, 15) is 14.7 Å². The van der Waals surface area contributed by atoms with Crippen molar-refractivity contribution in [2.45, 2.75) is 25.7 Å². The number of hydrogen-bond donors (Lipinski definition) is 0. The molecule has 16 heavy (non-hydrogen) atoms. The normalized spacial score (nSPS) is 25.2. The summed E-state index contributed by atoms with van der Waals surface area (Å²) in [5.41, 5.74) is 0. The van der Waals surface area contributed by atoms with Gasteiger partial charge < -0.3 is 9.90 Å². The Hall–Kier alpha value is -1.16. The van der Waals surface area contributed by atoms with Crippen molar-refractivity contribution in [1.29, 1.82) is 0 Å². The molecule has 0 aliphatic heterocycles. The quantitative estimate of drug-likeness (QED) is 0.748. The average molecular weight is 237 g/mol. The lowest BCUT2D eigenvalue weighted by Gasteiger charge is -2.30. The van der Waals surface area contributed by atoms with E-state index in [1.165, 1.54) is 11.3 Å². The van der Waals surface area contributed by atoms with E-state index >= 15 is 0 Å². The summed E-state index contributed by atoms with van der Waals surface area (Å²) in [6, 6.07) is 3.57. The predicted molar refractivity (Wildman–Crippen MR) is 59.1 cm³/mol. The minimum Gasteiger partial charge on any atom is -0.550 e. The van der Waals surface area contributed by atoms with Gasteiger partial charge in [0.25, 0.3) is 0 Å². The Balaban J connectivity index is 2.17. The van der Waals surface area contributed by atoms with Gasteiger partial charge in [0.15, 0.2) is 5.78 Å². The van der Waals surface area contributed by atoms with E-state index in [1.54, 1.807) is 6.07 Å². The highest BCUT2D eigenvalue weighted by Crippen LogP contribution is 2.33. The van der Waals surface area contributed by atoms with Gasteiger partial charge >= 0.3 is 0 Å². The lowest BCUT2D eigenvalue weighted by molar-refractivity contribution is -0.313. The van der Waals surface area contributed by atoms with Crippen LogP contribution in [0.2, 0.25) is 0 Å². The van der Waals surface area contributed by atoms with Gasteiger partial charge in [-0.1, -0.05) is 18.9 Å². The summed E-state index contributed by atoms with van der Waals surface area (Å²) in [7, 11) is 0. The fourth-order valence-electron chi connectivity index (χ4n) is 2.33. The van der Waals surface area contributed by atoms with Gasteiger partial charge in [-0.2, -0.15) is 0 Å². The molecule has 0 bridgehead atoms. The molecule has 0 aromatic carbocycles. The van der Waals surface area contributed by atoms with Crippen LogP contribution in [0.4, 0.5) is 0 Å². The number of thiophene rings is 1. The zero-order chi connectivity index (χ0) is 11.5. The molecule has 2 atom stereocenters. The smallest absolute Gasteiger partial charge is 0.176 e. The summed E-state index contributed by atoms with van der Waals surface area (Å²) in [5.74, 6) is -2.07. The third-order valence-corrected chi connectivity index (χ3v) is 4.05. The molecule has 1 saturated carbocycles. The van der Waals surface area contributed by atoms with E-state index in [1.807, 2.05) is 11.4 Å². The lowest BCUT2D eigenvalue weighted by Crippen LogP contribution is -2.40. The van der Waals surface area contributed by atoms with Crippen molar-refractivity contribution < 1.29 is 14.7 Å². The number of ketones is 1. The van der Waals surface area contributed by atoms with E-state index in [4.69, 9.17) is 0 Å². The number of rotatable bonds is 3. The van der Waals surface area contributed by atoms with Gasteiger partial charge in [-0.15, -0.1) is 11.3 Å².